The number of sulfone groups is 1. The van der Waals surface area contributed by atoms with E-state index in [2.05, 4.69) is 16.0 Å². The monoisotopic (exact) mass is 392 g/mol. The van der Waals surface area contributed by atoms with E-state index in [1.54, 1.807) is 42.5 Å². The fourth-order valence-corrected chi connectivity index (χ4v) is 5.49. The van der Waals surface area contributed by atoms with Crippen molar-refractivity contribution >= 4 is 37.2 Å². The van der Waals surface area contributed by atoms with Gasteiger partial charge in [0.25, 0.3) is 0 Å². The summed E-state index contributed by atoms with van der Waals surface area (Å²) in [6.45, 7) is 0. The van der Waals surface area contributed by atoms with Crippen LogP contribution in [0.3, 0.4) is 0 Å². The molecule has 132 valence electrons. The van der Waals surface area contributed by atoms with Crippen LogP contribution < -0.4 is 5.73 Å². The van der Waals surface area contributed by atoms with Crippen molar-refractivity contribution in [3.63, 3.8) is 0 Å². The van der Waals surface area contributed by atoms with Gasteiger partial charge in [0.05, 0.1) is 26.8 Å². The van der Waals surface area contributed by atoms with E-state index in [4.69, 9.17) is 11.0 Å². The normalized spacial score (nSPS) is 11.4. The average molecular weight is 392 g/mol. The molecule has 8 heteroatoms. The molecule has 27 heavy (non-hydrogen) atoms. The molecule has 0 bridgehead atoms. The Balaban J connectivity index is 1.89. The predicted molar refractivity (Wildman–Crippen MR) is 104 cm³/mol. The average Bonchev–Trinajstić information content (AvgIpc) is 3.14. The molecule has 2 N–H and O–H groups in total. The lowest BCUT2D eigenvalue weighted by atomic mass is 10.1. The Morgan fingerprint density at radius 1 is 1.04 bits per heavy atom. The maximum atomic E-state index is 13.0. The van der Waals surface area contributed by atoms with Gasteiger partial charge in [-0.05, 0) is 24.3 Å². The van der Waals surface area contributed by atoms with Gasteiger partial charge in [-0.1, -0.05) is 30.3 Å². The van der Waals surface area contributed by atoms with Crippen LogP contribution in [0.4, 0.5) is 5.82 Å². The fourth-order valence-electron chi connectivity index (χ4n) is 2.72. The molecule has 0 aliphatic rings. The lowest BCUT2D eigenvalue weighted by molar-refractivity contribution is 0.597. The van der Waals surface area contributed by atoms with Gasteiger partial charge in [-0.2, -0.15) is 5.26 Å². The summed E-state index contributed by atoms with van der Waals surface area (Å²) < 4.78 is 25.9. The van der Waals surface area contributed by atoms with Crippen molar-refractivity contribution in [2.24, 2.45) is 0 Å². The van der Waals surface area contributed by atoms with Crippen molar-refractivity contribution in [3.05, 3.63) is 65.5 Å². The molecule has 4 rings (SSSR count). The molecule has 0 atom stereocenters. The second-order valence-electron chi connectivity index (χ2n) is 5.72. The van der Waals surface area contributed by atoms with E-state index >= 15 is 0 Å². The van der Waals surface area contributed by atoms with Gasteiger partial charge in [-0.15, -0.1) is 11.3 Å². The van der Waals surface area contributed by atoms with Crippen LogP contribution in [0.15, 0.2) is 69.8 Å². The van der Waals surface area contributed by atoms with Crippen molar-refractivity contribution in [3.8, 4) is 17.5 Å². The highest BCUT2D eigenvalue weighted by molar-refractivity contribution is 7.92. The number of nitriles is 1. The molecule has 2 heterocycles. The summed E-state index contributed by atoms with van der Waals surface area (Å²) in [5, 5.41) is 10.9. The second kappa shape index (κ2) is 6.46. The number of rotatable bonds is 3. The quantitative estimate of drug-likeness (QED) is 0.570. The molecule has 0 radical (unpaired) electrons. The van der Waals surface area contributed by atoms with Crippen LogP contribution in [0.2, 0.25) is 0 Å². The lowest BCUT2D eigenvalue weighted by Gasteiger charge is -2.06. The Hall–Kier alpha value is -3.28. The van der Waals surface area contributed by atoms with E-state index in [1.807, 2.05) is 0 Å². The zero-order chi connectivity index (χ0) is 19.0. The first-order valence-corrected chi connectivity index (χ1v) is 10.2. The molecule has 6 nitrogen and oxygen atoms in total. The van der Waals surface area contributed by atoms with Crippen LogP contribution in [-0.4, -0.2) is 18.4 Å². The number of nitrogen functional groups attached to an aromatic ring is 1. The van der Waals surface area contributed by atoms with E-state index in [1.165, 1.54) is 28.8 Å². The standard InChI is InChI=1S/C19H12N4O2S2/c20-10-12-5-4-6-13(9-12)18-22-17(21)16-15(11-26-19(16)23-18)27(24,25)14-7-2-1-3-8-14/h1-9,11H,(H2,21,22,23). The Labute approximate surface area is 159 Å². The number of nitrogens with two attached hydrogens (primary N) is 1. The summed E-state index contributed by atoms with van der Waals surface area (Å²) in [4.78, 5) is 9.52. The van der Waals surface area contributed by atoms with E-state index in [0.717, 1.165) is 0 Å². The Morgan fingerprint density at radius 3 is 2.56 bits per heavy atom. The maximum absolute atomic E-state index is 13.0. The molecule has 0 aliphatic carbocycles. The third-order valence-electron chi connectivity index (χ3n) is 4.02. The van der Waals surface area contributed by atoms with Gasteiger partial charge in [-0.25, -0.2) is 18.4 Å². The molecule has 0 unspecified atom stereocenters. The topological polar surface area (TPSA) is 110 Å². The van der Waals surface area contributed by atoms with E-state index in [9.17, 15) is 8.42 Å². The fraction of sp³-hybridized carbons (Fsp3) is 0. The highest BCUT2D eigenvalue weighted by Crippen LogP contribution is 2.36. The van der Waals surface area contributed by atoms with Gasteiger partial charge >= 0.3 is 0 Å². The van der Waals surface area contributed by atoms with Gasteiger partial charge < -0.3 is 5.73 Å². The van der Waals surface area contributed by atoms with E-state index < -0.39 is 9.84 Å². The zero-order valence-corrected chi connectivity index (χ0v) is 15.5. The molecule has 0 amide bonds. The number of hydrogen-bond donors (Lipinski definition) is 1. The third kappa shape index (κ3) is 2.93. The molecule has 0 spiro atoms. The lowest BCUT2D eigenvalue weighted by Crippen LogP contribution is -2.03. The largest absolute Gasteiger partial charge is 0.383 e. The predicted octanol–water partition coefficient (Wildman–Crippen LogP) is 3.64. The first-order chi connectivity index (χ1) is 13.0. The molecule has 0 saturated carbocycles. The van der Waals surface area contributed by atoms with Crippen LogP contribution in [0.5, 0.6) is 0 Å². The van der Waals surface area contributed by atoms with E-state index in [-0.39, 0.29) is 15.6 Å². The minimum absolute atomic E-state index is 0.0908. The molecule has 0 saturated heterocycles. The number of anilines is 1. The van der Waals surface area contributed by atoms with Gasteiger partial charge in [0.1, 0.15) is 10.6 Å². The number of fused-ring (bicyclic) bond motifs is 1. The molecule has 2 aromatic carbocycles. The molecule has 0 fully saturated rings. The SMILES string of the molecule is N#Cc1cccc(-c2nc(N)c3c(S(=O)(=O)c4ccccc4)csc3n2)c1. The van der Waals surface area contributed by atoms with Crippen molar-refractivity contribution in [1.82, 2.24) is 9.97 Å². The summed E-state index contributed by atoms with van der Waals surface area (Å²) in [5.74, 6) is 0.440. The number of thiophene rings is 1. The van der Waals surface area contributed by atoms with Crippen molar-refractivity contribution in [1.29, 1.82) is 5.26 Å². The number of hydrogen-bond acceptors (Lipinski definition) is 7. The van der Waals surface area contributed by atoms with Gasteiger partial charge in [-0.3, -0.25) is 0 Å². The molecular formula is C19H12N4O2S2. The van der Waals surface area contributed by atoms with Crippen LogP contribution in [0.25, 0.3) is 21.6 Å². The first kappa shape index (κ1) is 17.1. The van der Waals surface area contributed by atoms with Gasteiger partial charge in [0.15, 0.2) is 5.82 Å². The van der Waals surface area contributed by atoms with Crippen molar-refractivity contribution < 1.29 is 8.42 Å². The highest BCUT2D eigenvalue weighted by atomic mass is 32.2. The van der Waals surface area contributed by atoms with Crippen molar-refractivity contribution in [2.45, 2.75) is 9.79 Å². The summed E-state index contributed by atoms with van der Waals surface area (Å²) in [7, 11) is -3.73. The van der Waals surface area contributed by atoms with Crippen LogP contribution in [-0.2, 0) is 9.84 Å². The molecular weight excluding hydrogens is 380 g/mol. The Bertz CT molecular complexity index is 1310. The maximum Gasteiger partial charge on any atom is 0.208 e. The number of benzene rings is 2. The first-order valence-electron chi connectivity index (χ1n) is 7.86. The third-order valence-corrected chi connectivity index (χ3v) is 6.84. The summed E-state index contributed by atoms with van der Waals surface area (Å²) in [6, 6.07) is 17.1. The smallest absolute Gasteiger partial charge is 0.208 e. The molecule has 2 aromatic heterocycles. The van der Waals surface area contributed by atoms with Crippen LogP contribution >= 0.6 is 11.3 Å². The minimum Gasteiger partial charge on any atom is -0.383 e. The number of aromatic nitrogens is 2. The highest BCUT2D eigenvalue weighted by Gasteiger charge is 2.24. The van der Waals surface area contributed by atoms with Crippen LogP contribution in [0, 0.1) is 11.3 Å². The van der Waals surface area contributed by atoms with Crippen LogP contribution in [0.1, 0.15) is 5.56 Å². The van der Waals surface area contributed by atoms with E-state index in [0.29, 0.717) is 27.2 Å². The second-order valence-corrected chi connectivity index (χ2v) is 8.50. The summed E-state index contributed by atoms with van der Waals surface area (Å²) in [6.07, 6.45) is 0. The molecule has 0 aliphatic heterocycles. The van der Waals surface area contributed by atoms with Gasteiger partial charge in [0, 0.05) is 10.9 Å². The zero-order valence-electron chi connectivity index (χ0n) is 13.8. The van der Waals surface area contributed by atoms with Crippen molar-refractivity contribution in [2.75, 3.05) is 5.73 Å². The number of nitrogens with zero attached hydrogens (tertiary/aromatic N) is 3. The Morgan fingerprint density at radius 2 is 1.81 bits per heavy atom. The summed E-state index contributed by atoms with van der Waals surface area (Å²) >= 11 is 1.19. The summed E-state index contributed by atoms with van der Waals surface area (Å²) in [5.41, 5.74) is 7.23. The molecule has 4 aromatic rings. The minimum atomic E-state index is -3.73. The van der Waals surface area contributed by atoms with Gasteiger partial charge in [0.2, 0.25) is 9.84 Å². The Kier molecular flexibility index (Phi) is 4.11.